The quantitative estimate of drug-likeness (QED) is 0.234. The standard InChI is InChI=1S/C30H28BrFN6O4S/c1-37-26(16-33-29(40)20-7-4-5-9-22(20)32)34-35-30(37)43-17-27(39)38-24(21-8-6-10-25(41-2)28(21)42-3)15-23(36-38)18-11-13-19(31)14-12-18/h4-14,24H,15-17H2,1-3H3,(H,33,40)/t24-/m1/s1. The van der Waals surface area contributed by atoms with E-state index in [4.69, 9.17) is 14.6 Å². The van der Waals surface area contributed by atoms with Crippen LogP contribution in [0.3, 0.4) is 0 Å². The van der Waals surface area contributed by atoms with Crippen LogP contribution in [0.25, 0.3) is 0 Å². The number of methoxy groups -OCH3 is 2. The molecule has 2 heterocycles. The molecule has 5 rings (SSSR count). The predicted molar refractivity (Wildman–Crippen MR) is 164 cm³/mol. The van der Waals surface area contributed by atoms with Gasteiger partial charge in [-0.25, -0.2) is 9.40 Å². The van der Waals surface area contributed by atoms with Crippen molar-refractivity contribution < 1.29 is 23.5 Å². The summed E-state index contributed by atoms with van der Waals surface area (Å²) in [6.45, 7) is 0.0376. The number of nitrogens with zero attached hydrogens (tertiary/aromatic N) is 5. The molecule has 0 bridgehead atoms. The average molecular weight is 668 g/mol. The van der Waals surface area contributed by atoms with Crippen LogP contribution >= 0.6 is 27.7 Å². The van der Waals surface area contributed by atoms with E-state index < -0.39 is 17.8 Å². The number of hydrogen-bond acceptors (Lipinski definition) is 8. The number of para-hydroxylation sites is 1. The van der Waals surface area contributed by atoms with Gasteiger partial charge in [0.05, 0.1) is 43.8 Å². The highest BCUT2D eigenvalue weighted by atomic mass is 79.9. The highest BCUT2D eigenvalue weighted by Gasteiger charge is 2.35. The van der Waals surface area contributed by atoms with E-state index >= 15 is 0 Å². The predicted octanol–water partition coefficient (Wildman–Crippen LogP) is 5.13. The molecule has 13 heteroatoms. The molecule has 2 amide bonds. The molecule has 222 valence electrons. The summed E-state index contributed by atoms with van der Waals surface area (Å²) in [5.41, 5.74) is 2.41. The van der Waals surface area contributed by atoms with E-state index in [9.17, 15) is 14.0 Å². The molecule has 0 aliphatic carbocycles. The highest BCUT2D eigenvalue weighted by Crippen LogP contribution is 2.42. The Labute approximate surface area is 260 Å². The number of carbonyl (C=O) groups is 2. The molecule has 0 saturated carbocycles. The second-order valence-corrected chi connectivity index (χ2v) is 11.4. The van der Waals surface area contributed by atoms with E-state index in [0.717, 1.165) is 21.3 Å². The van der Waals surface area contributed by atoms with Crippen LogP contribution in [0.2, 0.25) is 0 Å². The zero-order valence-electron chi connectivity index (χ0n) is 23.6. The Morgan fingerprint density at radius 2 is 1.81 bits per heavy atom. The lowest BCUT2D eigenvalue weighted by atomic mass is 9.97. The van der Waals surface area contributed by atoms with Gasteiger partial charge >= 0.3 is 0 Å². The van der Waals surface area contributed by atoms with Crippen LogP contribution in [0.5, 0.6) is 11.5 Å². The summed E-state index contributed by atoms with van der Waals surface area (Å²) >= 11 is 4.67. The van der Waals surface area contributed by atoms with Crippen LogP contribution in [-0.4, -0.2) is 57.3 Å². The molecule has 1 aliphatic heterocycles. The van der Waals surface area contributed by atoms with Crippen molar-refractivity contribution in [2.75, 3.05) is 20.0 Å². The van der Waals surface area contributed by atoms with Crippen molar-refractivity contribution in [3.05, 3.63) is 99.5 Å². The third-order valence-electron chi connectivity index (χ3n) is 6.91. The minimum absolute atomic E-state index is 0.0352. The maximum Gasteiger partial charge on any atom is 0.254 e. The van der Waals surface area contributed by atoms with Crippen molar-refractivity contribution in [1.29, 1.82) is 0 Å². The summed E-state index contributed by atoms with van der Waals surface area (Å²) in [7, 11) is 4.88. The van der Waals surface area contributed by atoms with E-state index in [1.54, 1.807) is 38.0 Å². The summed E-state index contributed by atoms with van der Waals surface area (Å²) in [6.07, 6.45) is 0.484. The minimum atomic E-state index is -0.606. The van der Waals surface area contributed by atoms with Gasteiger partial charge in [-0.3, -0.25) is 9.59 Å². The maximum absolute atomic E-state index is 13.9. The van der Waals surface area contributed by atoms with Crippen LogP contribution in [0.15, 0.2) is 81.5 Å². The monoisotopic (exact) mass is 666 g/mol. The maximum atomic E-state index is 13.9. The van der Waals surface area contributed by atoms with Crippen LogP contribution in [0.4, 0.5) is 4.39 Å². The molecule has 1 aromatic heterocycles. The zero-order valence-corrected chi connectivity index (χ0v) is 26.0. The Balaban J connectivity index is 1.32. The van der Waals surface area contributed by atoms with Gasteiger partial charge in [-0.05, 0) is 35.9 Å². The van der Waals surface area contributed by atoms with Gasteiger partial charge in [0.25, 0.3) is 11.8 Å². The minimum Gasteiger partial charge on any atom is -0.493 e. The summed E-state index contributed by atoms with van der Waals surface area (Å²) in [4.78, 5) is 26.1. The number of hydrogen-bond donors (Lipinski definition) is 1. The summed E-state index contributed by atoms with van der Waals surface area (Å²) in [6, 6.07) is 18.7. The average Bonchev–Trinajstić information content (AvgIpc) is 3.62. The first-order valence-corrected chi connectivity index (χ1v) is 15.0. The molecule has 0 spiro atoms. The number of ether oxygens (including phenoxy) is 2. The Kier molecular flexibility index (Phi) is 9.41. The number of carbonyl (C=O) groups excluding carboxylic acids is 2. The van der Waals surface area contributed by atoms with Crippen molar-refractivity contribution in [3.8, 4) is 11.5 Å². The number of aromatic nitrogens is 3. The number of hydrazone groups is 1. The van der Waals surface area contributed by atoms with E-state index in [0.29, 0.717) is 28.9 Å². The molecule has 3 aromatic carbocycles. The van der Waals surface area contributed by atoms with Gasteiger partial charge in [-0.1, -0.05) is 64.1 Å². The lowest BCUT2D eigenvalue weighted by molar-refractivity contribution is -0.130. The fourth-order valence-corrected chi connectivity index (χ4v) is 5.74. The largest absolute Gasteiger partial charge is 0.493 e. The van der Waals surface area contributed by atoms with E-state index in [-0.39, 0.29) is 23.8 Å². The molecular formula is C30H28BrFN6O4S. The number of halogens is 2. The topological polar surface area (TPSA) is 111 Å². The summed E-state index contributed by atoms with van der Waals surface area (Å²) in [5.74, 6) is 0.201. The smallest absolute Gasteiger partial charge is 0.254 e. The van der Waals surface area contributed by atoms with Crippen molar-refractivity contribution in [2.45, 2.75) is 24.2 Å². The first kappa shape index (κ1) is 30.2. The first-order chi connectivity index (χ1) is 20.8. The van der Waals surface area contributed by atoms with Gasteiger partial charge in [0, 0.05) is 23.5 Å². The lowest BCUT2D eigenvalue weighted by Gasteiger charge is -2.24. The molecule has 1 aliphatic rings. The Morgan fingerprint density at radius 1 is 1.05 bits per heavy atom. The van der Waals surface area contributed by atoms with Crippen LogP contribution in [0, 0.1) is 5.82 Å². The number of thioether (sulfide) groups is 1. The summed E-state index contributed by atoms with van der Waals surface area (Å²) < 4.78 is 27.8. The van der Waals surface area contributed by atoms with E-state index in [2.05, 4.69) is 31.4 Å². The first-order valence-electron chi connectivity index (χ1n) is 13.2. The van der Waals surface area contributed by atoms with E-state index in [1.165, 1.54) is 35.0 Å². The van der Waals surface area contributed by atoms with Crippen molar-refractivity contribution >= 4 is 45.2 Å². The second kappa shape index (κ2) is 13.4. The normalized spacial score (nSPS) is 14.4. The Morgan fingerprint density at radius 3 is 2.53 bits per heavy atom. The van der Waals surface area contributed by atoms with Gasteiger partial charge in [-0.15, -0.1) is 10.2 Å². The van der Waals surface area contributed by atoms with Crippen LogP contribution in [0.1, 0.15) is 39.8 Å². The van der Waals surface area contributed by atoms with Gasteiger partial charge < -0.3 is 19.4 Å². The van der Waals surface area contributed by atoms with E-state index in [1.807, 2.05) is 36.4 Å². The highest BCUT2D eigenvalue weighted by molar-refractivity contribution is 9.10. The van der Waals surface area contributed by atoms with Gasteiger partial charge in [0.1, 0.15) is 5.82 Å². The second-order valence-electron chi connectivity index (χ2n) is 9.50. The molecule has 0 radical (unpaired) electrons. The number of nitrogens with one attached hydrogen (secondary N) is 1. The molecule has 0 saturated heterocycles. The number of benzene rings is 3. The SMILES string of the molecule is COc1cccc([C@H]2CC(c3ccc(Br)cc3)=NN2C(=O)CSc2nnc(CNC(=O)c3ccccc3F)n2C)c1OC. The molecule has 10 nitrogen and oxygen atoms in total. The van der Waals surface area contributed by atoms with Gasteiger partial charge in [-0.2, -0.15) is 5.10 Å². The third kappa shape index (κ3) is 6.57. The van der Waals surface area contributed by atoms with Gasteiger partial charge in [0.2, 0.25) is 0 Å². The van der Waals surface area contributed by atoms with Crippen molar-refractivity contribution in [1.82, 2.24) is 25.1 Å². The number of rotatable bonds is 10. The summed E-state index contributed by atoms with van der Waals surface area (Å²) in [5, 5.41) is 17.7. The fraction of sp³-hybridized carbons (Fsp3) is 0.233. The molecule has 0 unspecified atom stereocenters. The molecule has 0 fully saturated rings. The third-order valence-corrected chi connectivity index (χ3v) is 8.44. The van der Waals surface area contributed by atoms with Crippen LogP contribution < -0.4 is 14.8 Å². The number of amides is 2. The lowest BCUT2D eigenvalue weighted by Crippen LogP contribution is -2.29. The Hall–Kier alpha value is -4.23. The molecule has 1 atom stereocenters. The zero-order chi connectivity index (χ0) is 30.5. The van der Waals surface area contributed by atoms with Crippen LogP contribution in [-0.2, 0) is 18.4 Å². The molecule has 1 N–H and O–H groups in total. The van der Waals surface area contributed by atoms with Gasteiger partial charge in [0.15, 0.2) is 22.5 Å². The molecular weight excluding hydrogens is 639 g/mol. The molecule has 43 heavy (non-hydrogen) atoms. The van der Waals surface area contributed by atoms with Crippen molar-refractivity contribution in [3.63, 3.8) is 0 Å². The molecule has 4 aromatic rings. The fourth-order valence-electron chi connectivity index (χ4n) is 4.69. The Bertz CT molecular complexity index is 1680. The van der Waals surface area contributed by atoms with Crippen molar-refractivity contribution in [2.24, 2.45) is 12.1 Å².